The van der Waals surface area contributed by atoms with Crippen molar-refractivity contribution in [2.45, 2.75) is 13.0 Å². The average molecular weight is 180 g/mol. The van der Waals surface area contributed by atoms with Gasteiger partial charge in [-0.25, -0.2) is 0 Å². The Morgan fingerprint density at radius 1 is 1.54 bits per heavy atom. The summed E-state index contributed by atoms with van der Waals surface area (Å²) >= 11 is 0. The zero-order valence-electron chi connectivity index (χ0n) is 6.97. The summed E-state index contributed by atoms with van der Waals surface area (Å²) in [6, 6.07) is 1.71. The fourth-order valence-corrected chi connectivity index (χ4v) is 0.908. The quantitative estimate of drug-likeness (QED) is 0.755. The number of nitrogens with zero attached hydrogens (tertiary/aromatic N) is 2. The Labute approximate surface area is 74.0 Å². The second kappa shape index (κ2) is 3.02. The highest BCUT2D eigenvalue weighted by Gasteiger charge is 2.12. The van der Waals surface area contributed by atoms with E-state index in [2.05, 4.69) is 10.1 Å². The minimum Gasteiger partial charge on any atom is -0.472 e. The van der Waals surface area contributed by atoms with Gasteiger partial charge in [-0.1, -0.05) is 5.16 Å². The van der Waals surface area contributed by atoms with Crippen LogP contribution in [0.15, 0.2) is 27.5 Å². The van der Waals surface area contributed by atoms with Gasteiger partial charge in [0, 0.05) is 0 Å². The average Bonchev–Trinajstić information content (AvgIpc) is 2.75. The lowest BCUT2D eigenvalue weighted by Gasteiger charge is -1.91. The number of hydrogen-bond acceptors (Lipinski definition) is 5. The van der Waals surface area contributed by atoms with Gasteiger partial charge in [0.2, 0.25) is 0 Å². The molecule has 0 aliphatic rings. The van der Waals surface area contributed by atoms with Gasteiger partial charge < -0.3 is 14.0 Å². The van der Waals surface area contributed by atoms with E-state index in [0.29, 0.717) is 11.5 Å². The van der Waals surface area contributed by atoms with Crippen molar-refractivity contribution in [2.75, 3.05) is 0 Å². The number of hydrogen-bond donors (Lipinski definition) is 1. The fourth-order valence-electron chi connectivity index (χ4n) is 0.908. The van der Waals surface area contributed by atoms with E-state index in [9.17, 15) is 0 Å². The van der Waals surface area contributed by atoms with Crippen LogP contribution in [-0.4, -0.2) is 15.2 Å². The van der Waals surface area contributed by atoms with Crippen molar-refractivity contribution in [3.63, 3.8) is 0 Å². The molecule has 0 aliphatic carbocycles. The molecule has 2 aromatic rings. The first-order valence-electron chi connectivity index (χ1n) is 3.81. The highest BCUT2D eigenvalue weighted by molar-refractivity contribution is 5.49. The lowest BCUT2D eigenvalue weighted by atomic mass is 10.3. The Morgan fingerprint density at radius 2 is 2.38 bits per heavy atom. The molecule has 1 N–H and O–H groups in total. The summed E-state index contributed by atoms with van der Waals surface area (Å²) in [7, 11) is 0. The molecule has 68 valence electrons. The molecule has 0 amide bonds. The van der Waals surface area contributed by atoms with Gasteiger partial charge in [-0.05, 0) is 13.0 Å². The highest BCUT2D eigenvalue weighted by atomic mass is 16.5. The highest BCUT2D eigenvalue weighted by Crippen LogP contribution is 2.18. The van der Waals surface area contributed by atoms with Crippen LogP contribution in [0.25, 0.3) is 11.5 Å². The largest absolute Gasteiger partial charge is 0.472 e. The Kier molecular flexibility index (Phi) is 1.86. The second-order valence-electron chi connectivity index (χ2n) is 2.65. The van der Waals surface area contributed by atoms with E-state index in [0.717, 1.165) is 0 Å². The first-order valence-corrected chi connectivity index (χ1v) is 3.81. The van der Waals surface area contributed by atoms with Crippen molar-refractivity contribution in [1.82, 2.24) is 10.1 Å². The Bertz CT molecular complexity index is 378. The van der Waals surface area contributed by atoms with Crippen LogP contribution in [-0.2, 0) is 0 Å². The van der Waals surface area contributed by atoms with Crippen LogP contribution in [0.3, 0.4) is 0 Å². The zero-order chi connectivity index (χ0) is 9.26. The molecule has 0 aromatic carbocycles. The van der Waals surface area contributed by atoms with Crippen LogP contribution >= 0.6 is 0 Å². The molecule has 1 unspecified atom stereocenters. The molecule has 5 heteroatoms. The van der Waals surface area contributed by atoms with Gasteiger partial charge in [0.25, 0.3) is 5.89 Å². The van der Waals surface area contributed by atoms with Gasteiger partial charge in [-0.15, -0.1) is 0 Å². The normalized spacial score (nSPS) is 13.1. The van der Waals surface area contributed by atoms with Crippen LogP contribution in [0.2, 0.25) is 0 Å². The lowest BCUT2D eigenvalue weighted by Crippen LogP contribution is -1.92. The van der Waals surface area contributed by atoms with E-state index in [1.165, 1.54) is 12.5 Å². The maximum absolute atomic E-state index is 9.13. The van der Waals surface area contributed by atoms with Crippen LogP contribution in [0, 0.1) is 0 Å². The first-order chi connectivity index (χ1) is 6.27. The SMILES string of the molecule is CC(O)c1noc(-c2ccoc2)n1. The molecule has 0 aliphatic heterocycles. The van der Waals surface area contributed by atoms with E-state index in [1.807, 2.05) is 0 Å². The maximum atomic E-state index is 9.13. The standard InChI is InChI=1S/C8H8N2O3/c1-5(11)7-9-8(13-10-7)6-2-3-12-4-6/h2-5,11H,1H3. The Balaban J connectivity index is 2.33. The molecule has 0 radical (unpaired) electrons. The Hall–Kier alpha value is -1.62. The lowest BCUT2D eigenvalue weighted by molar-refractivity contribution is 0.184. The van der Waals surface area contributed by atoms with Crippen molar-refractivity contribution in [3.05, 3.63) is 24.4 Å². The van der Waals surface area contributed by atoms with Crippen LogP contribution < -0.4 is 0 Å². The Morgan fingerprint density at radius 3 is 2.92 bits per heavy atom. The minimum atomic E-state index is -0.718. The molecule has 0 saturated heterocycles. The maximum Gasteiger partial charge on any atom is 0.261 e. The van der Waals surface area contributed by atoms with E-state index in [4.69, 9.17) is 14.0 Å². The summed E-state index contributed by atoms with van der Waals surface area (Å²) in [5.74, 6) is 0.626. The summed E-state index contributed by atoms with van der Waals surface area (Å²) in [5.41, 5.74) is 0.708. The molecular weight excluding hydrogens is 172 g/mol. The smallest absolute Gasteiger partial charge is 0.261 e. The monoisotopic (exact) mass is 180 g/mol. The van der Waals surface area contributed by atoms with E-state index in [-0.39, 0.29) is 5.82 Å². The molecule has 2 heterocycles. The van der Waals surface area contributed by atoms with Gasteiger partial charge in [0.15, 0.2) is 5.82 Å². The molecule has 2 rings (SSSR count). The minimum absolute atomic E-state index is 0.274. The van der Waals surface area contributed by atoms with Crippen molar-refractivity contribution in [2.24, 2.45) is 0 Å². The molecular formula is C8H8N2O3. The first kappa shape index (κ1) is 8.00. The zero-order valence-corrected chi connectivity index (χ0v) is 6.97. The van der Waals surface area contributed by atoms with Gasteiger partial charge in [-0.3, -0.25) is 0 Å². The molecule has 0 spiro atoms. The molecule has 5 nitrogen and oxygen atoms in total. The summed E-state index contributed by atoms with van der Waals surface area (Å²) in [4.78, 5) is 3.96. The summed E-state index contributed by atoms with van der Waals surface area (Å²) in [6.07, 6.45) is 2.30. The summed E-state index contributed by atoms with van der Waals surface area (Å²) < 4.78 is 9.74. The molecule has 0 fully saturated rings. The van der Waals surface area contributed by atoms with Gasteiger partial charge in [0.05, 0.1) is 11.8 Å². The van der Waals surface area contributed by atoms with Crippen LogP contribution in [0.5, 0.6) is 0 Å². The van der Waals surface area contributed by atoms with Gasteiger partial charge in [-0.2, -0.15) is 4.98 Å². The second-order valence-corrected chi connectivity index (χ2v) is 2.65. The van der Waals surface area contributed by atoms with Crippen molar-refractivity contribution in [1.29, 1.82) is 0 Å². The van der Waals surface area contributed by atoms with Gasteiger partial charge in [0.1, 0.15) is 12.4 Å². The third kappa shape index (κ3) is 1.46. The van der Waals surface area contributed by atoms with E-state index in [1.54, 1.807) is 13.0 Å². The molecule has 0 bridgehead atoms. The number of aromatic nitrogens is 2. The van der Waals surface area contributed by atoms with Gasteiger partial charge >= 0.3 is 0 Å². The van der Waals surface area contributed by atoms with Crippen molar-refractivity contribution >= 4 is 0 Å². The predicted molar refractivity (Wildman–Crippen MR) is 42.6 cm³/mol. The topological polar surface area (TPSA) is 72.3 Å². The molecule has 1 atom stereocenters. The molecule has 13 heavy (non-hydrogen) atoms. The third-order valence-corrected chi connectivity index (χ3v) is 1.58. The van der Waals surface area contributed by atoms with Crippen LogP contribution in [0.1, 0.15) is 18.9 Å². The number of aliphatic hydroxyl groups is 1. The van der Waals surface area contributed by atoms with E-state index >= 15 is 0 Å². The fraction of sp³-hybridized carbons (Fsp3) is 0.250. The number of furan rings is 1. The molecule has 2 aromatic heterocycles. The van der Waals surface area contributed by atoms with Crippen molar-refractivity contribution < 1.29 is 14.0 Å². The van der Waals surface area contributed by atoms with Crippen LogP contribution in [0.4, 0.5) is 0 Å². The third-order valence-electron chi connectivity index (χ3n) is 1.58. The predicted octanol–water partition coefficient (Wildman–Crippen LogP) is 1.38. The summed E-state index contributed by atoms with van der Waals surface area (Å²) in [5, 5.41) is 12.7. The number of rotatable bonds is 2. The van der Waals surface area contributed by atoms with Crippen molar-refractivity contribution in [3.8, 4) is 11.5 Å². The van der Waals surface area contributed by atoms with E-state index < -0.39 is 6.10 Å². The summed E-state index contributed by atoms with van der Waals surface area (Å²) in [6.45, 7) is 1.57. The molecule has 0 saturated carbocycles. The number of aliphatic hydroxyl groups excluding tert-OH is 1.